The van der Waals surface area contributed by atoms with E-state index >= 15 is 0 Å². The van der Waals surface area contributed by atoms with Gasteiger partial charge in [-0.25, -0.2) is 0 Å². The first-order chi connectivity index (χ1) is 11.1. The third-order valence-corrected chi connectivity index (χ3v) is 3.53. The number of hydrogen-bond donors (Lipinski definition) is 1. The summed E-state index contributed by atoms with van der Waals surface area (Å²) in [5.41, 5.74) is 1.32. The lowest BCUT2D eigenvalue weighted by Gasteiger charge is -2.07. The normalized spacial score (nSPS) is 10.0. The maximum absolute atomic E-state index is 11.9. The van der Waals surface area contributed by atoms with E-state index in [0.29, 0.717) is 11.3 Å². The third-order valence-electron chi connectivity index (χ3n) is 3.03. The fourth-order valence-electron chi connectivity index (χ4n) is 1.84. The first kappa shape index (κ1) is 17.0. The molecular formula is C17H16BrNO4. The van der Waals surface area contributed by atoms with Gasteiger partial charge in [-0.15, -0.1) is 0 Å². The number of carbonyl (C=O) groups is 2. The van der Waals surface area contributed by atoms with Gasteiger partial charge in [-0.1, -0.05) is 28.1 Å². The molecular weight excluding hydrogens is 362 g/mol. The van der Waals surface area contributed by atoms with Crippen LogP contribution in [0, 0.1) is 0 Å². The number of halogens is 1. The smallest absolute Gasteiger partial charge is 0.325 e. The summed E-state index contributed by atoms with van der Waals surface area (Å²) in [6, 6.07) is 14.1. The minimum absolute atomic E-state index is 0.163. The summed E-state index contributed by atoms with van der Waals surface area (Å²) in [6.45, 7) is -0.0183. The predicted octanol–water partition coefficient (Wildman–Crippen LogP) is 2.93. The lowest BCUT2D eigenvalue weighted by atomic mass is 10.2. The van der Waals surface area contributed by atoms with Crippen molar-refractivity contribution in [2.75, 3.05) is 13.7 Å². The van der Waals surface area contributed by atoms with Crippen molar-refractivity contribution in [2.24, 2.45) is 0 Å². The van der Waals surface area contributed by atoms with Gasteiger partial charge in [0.2, 0.25) is 0 Å². The molecule has 6 heteroatoms. The number of ether oxygens (including phenoxy) is 2. The molecule has 5 nitrogen and oxygen atoms in total. The van der Waals surface area contributed by atoms with Gasteiger partial charge in [0.15, 0.2) is 0 Å². The molecule has 0 bridgehead atoms. The van der Waals surface area contributed by atoms with Crippen LogP contribution < -0.4 is 10.1 Å². The van der Waals surface area contributed by atoms with E-state index < -0.39 is 5.97 Å². The van der Waals surface area contributed by atoms with E-state index in [1.54, 1.807) is 31.4 Å². The van der Waals surface area contributed by atoms with E-state index in [0.717, 1.165) is 10.0 Å². The van der Waals surface area contributed by atoms with Crippen LogP contribution in [0.4, 0.5) is 0 Å². The first-order valence-electron chi connectivity index (χ1n) is 6.91. The first-order valence-corrected chi connectivity index (χ1v) is 7.70. The highest BCUT2D eigenvalue weighted by atomic mass is 79.9. The summed E-state index contributed by atoms with van der Waals surface area (Å²) < 4.78 is 11.0. The van der Waals surface area contributed by atoms with Crippen LogP contribution in [0.25, 0.3) is 0 Å². The maximum Gasteiger partial charge on any atom is 0.325 e. The summed E-state index contributed by atoms with van der Waals surface area (Å²) >= 11 is 3.35. The highest BCUT2D eigenvalue weighted by molar-refractivity contribution is 9.10. The highest BCUT2D eigenvalue weighted by Crippen LogP contribution is 2.12. The number of methoxy groups -OCH3 is 1. The molecule has 1 N–H and O–H groups in total. The topological polar surface area (TPSA) is 64.6 Å². The number of rotatable bonds is 6. The molecule has 0 atom stereocenters. The van der Waals surface area contributed by atoms with E-state index in [2.05, 4.69) is 21.2 Å². The van der Waals surface area contributed by atoms with Crippen LogP contribution >= 0.6 is 15.9 Å². The van der Waals surface area contributed by atoms with E-state index in [1.807, 2.05) is 24.3 Å². The van der Waals surface area contributed by atoms with Crippen molar-refractivity contribution in [3.05, 3.63) is 64.1 Å². The Kier molecular flexibility index (Phi) is 6.17. The Morgan fingerprint density at radius 3 is 2.52 bits per heavy atom. The van der Waals surface area contributed by atoms with Crippen LogP contribution in [0.1, 0.15) is 15.9 Å². The second kappa shape index (κ2) is 8.33. The zero-order valence-corrected chi connectivity index (χ0v) is 14.1. The van der Waals surface area contributed by atoms with E-state index in [9.17, 15) is 9.59 Å². The Bertz CT molecular complexity index is 685. The highest BCUT2D eigenvalue weighted by Gasteiger charge is 2.09. The van der Waals surface area contributed by atoms with Crippen LogP contribution in [0.5, 0.6) is 5.75 Å². The summed E-state index contributed by atoms with van der Waals surface area (Å²) in [7, 11) is 1.55. The van der Waals surface area contributed by atoms with Crippen LogP contribution in [0.2, 0.25) is 0 Å². The predicted molar refractivity (Wildman–Crippen MR) is 89.3 cm³/mol. The molecule has 0 saturated heterocycles. The molecule has 0 fully saturated rings. The Balaban J connectivity index is 1.78. The molecule has 0 saturated carbocycles. The molecule has 23 heavy (non-hydrogen) atoms. The van der Waals surface area contributed by atoms with Crippen molar-refractivity contribution in [1.82, 2.24) is 5.32 Å². The average Bonchev–Trinajstić information content (AvgIpc) is 2.58. The zero-order chi connectivity index (χ0) is 16.7. The number of amides is 1. The largest absolute Gasteiger partial charge is 0.497 e. The van der Waals surface area contributed by atoms with Crippen LogP contribution in [0.3, 0.4) is 0 Å². The molecule has 0 aliphatic rings. The number of hydrogen-bond acceptors (Lipinski definition) is 4. The molecule has 0 radical (unpaired) electrons. The van der Waals surface area contributed by atoms with Gasteiger partial charge in [-0.05, 0) is 42.0 Å². The van der Waals surface area contributed by atoms with Crippen molar-refractivity contribution in [3.63, 3.8) is 0 Å². The Morgan fingerprint density at radius 2 is 1.87 bits per heavy atom. The van der Waals surface area contributed by atoms with Crippen molar-refractivity contribution >= 4 is 27.8 Å². The van der Waals surface area contributed by atoms with Gasteiger partial charge in [0.25, 0.3) is 5.91 Å². The standard InChI is InChI=1S/C17H16BrNO4/c1-22-15-7-5-13(6-8-15)17(21)19-10-16(20)23-11-12-3-2-4-14(18)9-12/h2-9H,10-11H2,1H3,(H,19,21). The Hall–Kier alpha value is -2.34. The van der Waals surface area contributed by atoms with Crippen LogP contribution in [0.15, 0.2) is 53.0 Å². The number of nitrogens with one attached hydrogen (secondary N) is 1. The van der Waals surface area contributed by atoms with Crippen molar-refractivity contribution in [1.29, 1.82) is 0 Å². The van der Waals surface area contributed by atoms with Crippen molar-refractivity contribution < 1.29 is 19.1 Å². The molecule has 2 aromatic carbocycles. The van der Waals surface area contributed by atoms with Gasteiger partial charge in [0.05, 0.1) is 7.11 Å². The molecule has 120 valence electrons. The van der Waals surface area contributed by atoms with E-state index in [4.69, 9.17) is 9.47 Å². The van der Waals surface area contributed by atoms with Crippen molar-refractivity contribution in [2.45, 2.75) is 6.61 Å². The molecule has 0 spiro atoms. The molecule has 2 aromatic rings. The van der Waals surface area contributed by atoms with Gasteiger partial charge in [-0.2, -0.15) is 0 Å². The van der Waals surface area contributed by atoms with Crippen molar-refractivity contribution in [3.8, 4) is 5.75 Å². The fraction of sp³-hybridized carbons (Fsp3) is 0.176. The lowest BCUT2D eigenvalue weighted by Crippen LogP contribution is -2.30. The summed E-state index contributed by atoms with van der Waals surface area (Å²) in [6.07, 6.45) is 0. The quantitative estimate of drug-likeness (QED) is 0.786. The minimum atomic E-state index is -0.494. The second-order valence-electron chi connectivity index (χ2n) is 4.70. The second-order valence-corrected chi connectivity index (χ2v) is 5.62. The molecule has 0 aliphatic carbocycles. The SMILES string of the molecule is COc1ccc(C(=O)NCC(=O)OCc2cccc(Br)c2)cc1. The Labute approximate surface area is 142 Å². The lowest BCUT2D eigenvalue weighted by molar-refractivity contribution is -0.143. The van der Waals surface area contributed by atoms with Gasteiger partial charge in [-0.3, -0.25) is 9.59 Å². The van der Waals surface area contributed by atoms with E-state index in [-0.39, 0.29) is 19.1 Å². The maximum atomic E-state index is 11.9. The molecule has 2 rings (SSSR count). The molecule has 0 aliphatic heterocycles. The summed E-state index contributed by atoms with van der Waals surface area (Å²) in [5, 5.41) is 2.52. The van der Waals surface area contributed by atoms with E-state index in [1.165, 1.54) is 0 Å². The summed E-state index contributed by atoms with van der Waals surface area (Å²) in [5.74, 6) is -0.172. The number of esters is 1. The average molecular weight is 378 g/mol. The fourth-order valence-corrected chi connectivity index (χ4v) is 2.29. The van der Waals surface area contributed by atoms with Gasteiger partial charge >= 0.3 is 5.97 Å². The monoisotopic (exact) mass is 377 g/mol. The minimum Gasteiger partial charge on any atom is -0.497 e. The molecule has 0 aromatic heterocycles. The van der Waals surface area contributed by atoms with Gasteiger partial charge in [0, 0.05) is 10.0 Å². The summed E-state index contributed by atoms with van der Waals surface area (Å²) in [4.78, 5) is 23.6. The number of carbonyl (C=O) groups excluding carboxylic acids is 2. The zero-order valence-electron chi connectivity index (χ0n) is 12.5. The molecule has 1 amide bonds. The van der Waals surface area contributed by atoms with Crippen LogP contribution in [-0.2, 0) is 16.1 Å². The number of benzene rings is 2. The van der Waals surface area contributed by atoms with Gasteiger partial charge < -0.3 is 14.8 Å². The van der Waals surface area contributed by atoms with Gasteiger partial charge in [0.1, 0.15) is 18.9 Å². The molecule has 0 unspecified atom stereocenters. The molecule has 0 heterocycles. The Morgan fingerprint density at radius 1 is 1.13 bits per heavy atom. The third kappa shape index (κ3) is 5.41. The van der Waals surface area contributed by atoms with Crippen LogP contribution in [-0.4, -0.2) is 25.5 Å².